The van der Waals surface area contributed by atoms with Crippen LogP contribution in [0, 0.1) is 0 Å². The van der Waals surface area contributed by atoms with Crippen LogP contribution in [-0.2, 0) is 4.79 Å². The zero-order valence-electron chi connectivity index (χ0n) is 14.1. The molecule has 0 radical (unpaired) electrons. The lowest BCUT2D eigenvalue weighted by atomic mass is 10.2. The van der Waals surface area contributed by atoms with Crippen molar-refractivity contribution in [1.82, 2.24) is 4.90 Å². The third kappa shape index (κ3) is 4.66. The fourth-order valence-corrected chi connectivity index (χ4v) is 3.16. The third-order valence-electron chi connectivity index (χ3n) is 3.85. The van der Waals surface area contributed by atoms with Gasteiger partial charge in [0.15, 0.2) is 0 Å². The number of aromatic hydroxyl groups is 1. The quantitative estimate of drug-likeness (QED) is 0.678. The summed E-state index contributed by atoms with van der Waals surface area (Å²) < 4.78 is 0.527. The van der Waals surface area contributed by atoms with Crippen LogP contribution in [0.15, 0.2) is 63.7 Å². The molecule has 1 aliphatic heterocycles. The van der Waals surface area contributed by atoms with Crippen LogP contribution in [0.5, 0.6) is 5.75 Å². The number of β-amino-alcohol motifs (C(OH)–C–C–N with tert-alkyl or cyclic N) is 1. The minimum Gasteiger partial charge on any atom is -0.507 e. The fraction of sp³-hybridized carbons (Fsp3) is 0.100. The molecule has 2 aromatic rings. The first kappa shape index (κ1) is 19.4. The Morgan fingerprint density at radius 1 is 1.15 bits per heavy atom. The molecule has 0 aromatic heterocycles. The van der Waals surface area contributed by atoms with Crippen LogP contribution in [0.3, 0.4) is 0 Å². The van der Waals surface area contributed by atoms with E-state index in [-0.39, 0.29) is 30.5 Å². The van der Waals surface area contributed by atoms with Crippen LogP contribution < -0.4 is 0 Å². The molecule has 0 atom stereocenters. The maximum Gasteiger partial charge on any atom is 0.278 e. The van der Waals surface area contributed by atoms with Crippen molar-refractivity contribution in [3.05, 3.63) is 74.9 Å². The highest BCUT2D eigenvalue weighted by molar-refractivity contribution is 9.10. The van der Waals surface area contributed by atoms with Gasteiger partial charge in [-0.1, -0.05) is 35.9 Å². The summed E-state index contributed by atoms with van der Waals surface area (Å²) in [7, 11) is 0. The molecule has 2 N–H and O–H groups in total. The maximum atomic E-state index is 12.6. The van der Waals surface area contributed by atoms with Crippen LogP contribution in [0.25, 0.3) is 12.2 Å². The minimum atomic E-state index is -0.293. The smallest absolute Gasteiger partial charge is 0.278 e. The van der Waals surface area contributed by atoms with Gasteiger partial charge in [0.25, 0.3) is 5.91 Å². The number of amides is 1. The Morgan fingerprint density at radius 3 is 2.67 bits per heavy atom. The Hall–Kier alpha value is -2.41. The largest absolute Gasteiger partial charge is 0.507 e. The van der Waals surface area contributed by atoms with Gasteiger partial charge >= 0.3 is 0 Å². The fourth-order valence-electron chi connectivity index (χ4n) is 2.56. The Labute approximate surface area is 170 Å². The molecule has 0 unspecified atom stereocenters. The normalized spacial score (nSPS) is 15.8. The van der Waals surface area contributed by atoms with Crippen LogP contribution in [0.1, 0.15) is 11.1 Å². The van der Waals surface area contributed by atoms with Gasteiger partial charge in [0.05, 0.1) is 17.6 Å². The first-order valence-electron chi connectivity index (χ1n) is 8.13. The van der Waals surface area contributed by atoms with Crippen LogP contribution in [0.4, 0.5) is 0 Å². The van der Waals surface area contributed by atoms with Crippen molar-refractivity contribution in [3.63, 3.8) is 0 Å². The zero-order valence-corrected chi connectivity index (χ0v) is 16.5. The molecule has 3 rings (SSSR count). The number of hydrogen-bond acceptors (Lipinski definition) is 4. The Kier molecular flexibility index (Phi) is 6.11. The number of nitrogens with zero attached hydrogens (tertiary/aromatic N) is 2. The molecule has 0 aliphatic carbocycles. The summed E-state index contributed by atoms with van der Waals surface area (Å²) in [6.07, 6.45) is 5.16. The molecule has 2 aromatic carbocycles. The summed E-state index contributed by atoms with van der Waals surface area (Å²) in [6, 6.07) is 12.2. The number of carbonyl (C=O) groups is 1. The summed E-state index contributed by atoms with van der Waals surface area (Å²) in [4.78, 5) is 18.5. The number of halogens is 2. The lowest BCUT2D eigenvalue weighted by molar-refractivity contribution is -0.122. The average molecular weight is 448 g/mol. The van der Waals surface area contributed by atoms with E-state index >= 15 is 0 Å². The lowest BCUT2D eigenvalue weighted by Gasteiger charge is -2.14. The molecule has 0 bridgehead atoms. The predicted octanol–water partition coefficient (Wildman–Crippen LogP) is 4.10. The minimum absolute atomic E-state index is 0.116. The van der Waals surface area contributed by atoms with E-state index in [9.17, 15) is 15.0 Å². The van der Waals surface area contributed by atoms with Gasteiger partial charge in [-0.25, -0.2) is 4.99 Å². The second-order valence-corrected chi connectivity index (χ2v) is 7.07. The molecular weight excluding hydrogens is 432 g/mol. The summed E-state index contributed by atoms with van der Waals surface area (Å²) in [6.45, 7) is -0.0258. The van der Waals surface area contributed by atoms with Gasteiger partial charge in [-0.2, -0.15) is 0 Å². The van der Waals surface area contributed by atoms with Crippen molar-refractivity contribution in [2.75, 3.05) is 13.2 Å². The van der Waals surface area contributed by atoms with Gasteiger partial charge in [-0.3, -0.25) is 9.69 Å². The number of aliphatic imine (C=N–C) groups is 1. The zero-order chi connectivity index (χ0) is 19.4. The molecule has 7 heteroatoms. The standard InChI is InChI=1S/C20H16BrClN2O3/c21-16-11-14(4-6-18(16)26)12-17-20(27)24(8-9-25)19(23-17)7-5-13-2-1-3-15(22)10-13/h1-7,10-12,25-26H,8-9H2/b7-5+,17-12-. The summed E-state index contributed by atoms with van der Waals surface area (Å²) in [5.74, 6) is 0.266. The highest BCUT2D eigenvalue weighted by Gasteiger charge is 2.28. The highest BCUT2D eigenvalue weighted by Crippen LogP contribution is 2.27. The van der Waals surface area contributed by atoms with E-state index in [4.69, 9.17) is 11.6 Å². The summed E-state index contributed by atoms with van der Waals surface area (Å²) >= 11 is 9.24. The van der Waals surface area contributed by atoms with Gasteiger partial charge < -0.3 is 10.2 Å². The average Bonchev–Trinajstić information content (AvgIpc) is 2.92. The Morgan fingerprint density at radius 2 is 1.96 bits per heavy atom. The monoisotopic (exact) mass is 446 g/mol. The molecule has 0 fully saturated rings. The van der Waals surface area contributed by atoms with Crippen molar-refractivity contribution in [3.8, 4) is 5.75 Å². The molecule has 1 heterocycles. The van der Waals surface area contributed by atoms with Crippen LogP contribution in [-0.4, -0.2) is 40.0 Å². The molecule has 5 nitrogen and oxygen atoms in total. The number of aliphatic hydroxyl groups is 1. The van der Waals surface area contributed by atoms with E-state index in [1.807, 2.05) is 18.2 Å². The van der Waals surface area contributed by atoms with Gasteiger partial charge in [-0.05, 0) is 63.5 Å². The number of rotatable bonds is 5. The number of aliphatic hydroxyl groups excluding tert-OH is 1. The van der Waals surface area contributed by atoms with Gasteiger partial charge in [0.1, 0.15) is 17.3 Å². The first-order chi connectivity index (χ1) is 13.0. The van der Waals surface area contributed by atoms with Crippen molar-refractivity contribution >= 4 is 51.4 Å². The van der Waals surface area contributed by atoms with Crippen LogP contribution in [0.2, 0.25) is 5.02 Å². The Balaban J connectivity index is 1.92. The van der Waals surface area contributed by atoms with Crippen LogP contribution >= 0.6 is 27.5 Å². The van der Waals surface area contributed by atoms with Gasteiger partial charge in [0, 0.05) is 5.02 Å². The van der Waals surface area contributed by atoms with Crippen molar-refractivity contribution in [2.24, 2.45) is 4.99 Å². The third-order valence-corrected chi connectivity index (χ3v) is 4.72. The van der Waals surface area contributed by atoms with E-state index in [0.717, 1.165) is 11.1 Å². The second kappa shape index (κ2) is 8.52. The SMILES string of the molecule is O=C1/C(=C/c2ccc(O)c(Br)c2)N=C(/C=C/c2cccc(Cl)c2)N1CCO. The van der Waals surface area contributed by atoms with E-state index < -0.39 is 0 Å². The summed E-state index contributed by atoms with van der Waals surface area (Å²) in [5, 5.41) is 19.5. The number of phenols is 1. The van der Waals surface area contributed by atoms with E-state index in [0.29, 0.717) is 15.3 Å². The van der Waals surface area contributed by atoms with E-state index in [1.165, 1.54) is 11.0 Å². The van der Waals surface area contributed by atoms with Gasteiger partial charge in [-0.15, -0.1) is 0 Å². The Bertz CT molecular complexity index is 969. The number of hydrogen-bond donors (Lipinski definition) is 2. The molecule has 0 spiro atoms. The lowest BCUT2D eigenvalue weighted by Crippen LogP contribution is -2.33. The van der Waals surface area contributed by atoms with E-state index in [2.05, 4.69) is 20.9 Å². The van der Waals surface area contributed by atoms with Crippen molar-refractivity contribution < 1.29 is 15.0 Å². The second-order valence-electron chi connectivity index (χ2n) is 5.78. The number of amidine groups is 1. The van der Waals surface area contributed by atoms with Gasteiger partial charge in [0.2, 0.25) is 0 Å². The number of carbonyl (C=O) groups excluding carboxylic acids is 1. The molecule has 138 valence electrons. The molecule has 0 saturated carbocycles. The highest BCUT2D eigenvalue weighted by atomic mass is 79.9. The molecule has 0 saturated heterocycles. The molecule has 1 amide bonds. The van der Waals surface area contributed by atoms with E-state index in [1.54, 1.807) is 36.4 Å². The first-order valence-corrected chi connectivity index (χ1v) is 9.30. The maximum absolute atomic E-state index is 12.6. The molecule has 1 aliphatic rings. The summed E-state index contributed by atoms with van der Waals surface area (Å²) in [5.41, 5.74) is 1.85. The number of benzene rings is 2. The predicted molar refractivity (Wildman–Crippen MR) is 111 cm³/mol. The topological polar surface area (TPSA) is 73.1 Å². The molecular formula is C20H16BrClN2O3. The molecule has 27 heavy (non-hydrogen) atoms. The van der Waals surface area contributed by atoms with Crippen molar-refractivity contribution in [1.29, 1.82) is 0 Å². The van der Waals surface area contributed by atoms with Crippen molar-refractivity contribution in [2.45, 2.75) is 0 Å². The number of phenolic OH excluding ortho intramolecular Hbond substituents is 1.